The molecule has 0 radical (unpaired) electrons. The molecule has 1 N–H and O–H groups in total. The van der Waals surface area contributed by atoms with Crippen LogP contribution < -0.4 is 4.72 Å². The summed E-state index contributed by atoms with van der Waals surface area (Å²) in [5.41, 5.74) is 0.246. The lowest BCUT2D eigenvalue weighted by atomic mass is 10.0. The number of hydrogen-bond donors (Lipinski definition) is 1. The van der Waals surface area contributed by atoms with E-state index in [1.54, 1.807) is 0 Å². The SMILES string of the molecule is CC(C)(CSC1CCCCC1)NS(=O)(=O)c1nc2ccccc2s1. The van der Waals surface area contributed by atoms with Gasteiger partial charge in [-0.2, -0.15) is 11.8 Å². The number of nitrogens with one attached hydrogen (secondary N) is 1. The number of thioether (sulfide) groups is 1. The molecule has 7 heteroatoms. The summed E-state index contributed by atoms with van der Waals surface area (Å²) in [5, 5.41) is 0.671. The molecule has 0 aliphatic heterocycles. The molecule has 0 atom stereocenters. The van der Waals surface area contributed by atoms with E-state index >= 15 is 0 Å². The predicted octanol–water partition coefficient (Wildman–Crippen LogP) is 4.42. The molecule has 1 heterocycles. The highest BCUT2D eigenvalue weighted by molar-refractivity contribution is 8.00. The Balaban J connectivity index is 1.67. The summed E-state index contributed by atoms with van der Waals surface area (Å²) in [5.74, 6) is 0.780. The molecule has 0 saturated heterocycles. The molecule has 1 aromatic carbocycles. The van der Waals surface area contributed by atoms with Gasteiger partial charge in [-0.05, 0) is 38.8 Å². The molecule has 0 unspecified atom stereocenters. The maximum atomic E-state index is 12.7. The van der Waals surface area contributed by atoms with Crippen LogP contribution in [0.5, 0.6) is 0 Å². The zero-order chi connectivity index (χ0) is 17.2. The van der Waals surface area contributed by atoms with Gasteiger partial charge in [-0.3, -0.25) is 0 Å². The van der Waals surface area contributed by atoms with Gasteiger partial charge in [-0.1, -0.05) is 31.4 Å². The van der Waals surface area contributed by atoms with Gasteiger partial charge in [-0.15, -0.1) is 11.3 Å². The van der Waals surface area contributed by atoms with E-state index in [-0.39, 0.29) is 4.34 Å². The van der Waals surface area contributed by atoms with Gasteiger partial charge >= 0.3 is 0 Å². The number of thiazole rings is 1. The van der Waals surface area contributed by atoms with Crippen LogP contribution in [-0.2, 0) is 10.0 Å². The molecule has 2 aromatic rings. The van der Waals surface area contributed by atoms with Crippen molar-refractivity contribution >= 4 is 43.3 Å². The van der Waals surface area contributed by atoms with Crippen molar-refractivity contribution in [3.8, 4) is 0 Å². The largest absolute Gasteiger partial charge is 0.268 e. The molecule has 4 nitrogen and oxygen atoms in total. The lowest BCUT2D eigenvalue weighted by Crippen LogP contribution is -2.45. The number of nitrogens with zero attached hydrogens (tertiary/aromatic N) is 1. The first-order valence-electron chi connectivity index (χ1n) is 8.37. The van der Waals surface area contributed by atoms with Crippen molar-refractivity contribution in [3.05, 3.63) is 24.3 Å². The first-order valence-corrected chi connectivity index (χ1v) is 11.7. The Kier molecular flexibility index (Phi) is 5.54. The second kappa shape index (κ2) is 7.32. The monoisotopic (exact) mass is 384 g/mol. The van der Waals surface area contributed by atoms with Crippen molar-refractivity contribution in [2.75, 3.05) is 5.75 Å². The number of rotatable bonds is 6. The van der Waals surface area contributed by atoms with Crippen LogP contribution in [0.3, 0.4) is 0 Å². The third-order valence-corrected chi connectivity index (χ3v) is 9.09. The van der Waals surface area contributed by atoms with Gasteiger partial charge in [0.15, 0.2) is 0 Å². The Hall–Kier alpha value is -0.630. The van der Waals surface area contributed by atoms with E-state index in [9.17, 15) is 8.42 Å². The molecule has 1 saturated carbocycles. The number of fused-ring (bicyclic) bond motifs is 1. The van der Waals surface area contributed by atoms with E-state index in [1.807, 2.05) is 49.9 Å². The van der Waals surface area contributed by atoms with Crippen LogP contribution in [0.15, 0.2) is 28.6 Å². The van der Waals surface area contributed by atoms with Crippen LogP contribution in [0.2, 0.25) is 0 Å². The van der Waals surface area contributed by atoms with Crippen molar-refractivity contribution < 1.29 is 8.42 Å². The number of aromatic nitrogens is 1. The third-order valence-electron chi connectivity index (χ3n) is 4.15. The van der Waals surface area contributed by atoms with Crippen molar-refractivity contribution in [1.82, 2.24) is 9.71 Å². The van der Waals surface area contributed by atoms with Gasteiger partial charge in [0.05, 0.1) is 10.2 Å². The summed E-state index contributed by atoms with van der Waals surface area (Å²) >= 11 is 3.12. The molecule has 24 heavy (non-hydrogen) atoms. The second-order valence-corrected chi connectivity index (χ2v) is 11.2. The maximum absolute atomic E-state index is 12.7. The second-order valence-electron chi connectivity index (χ2n) is 7.01. The first kappa shape index (κ1) is 18.2. The fourth-order valence-corrected chi connectivity index (χ4v) is 7.08. The van der Waals surface area contributed by atoms with E-state index in [1.165, 1.54) is 43.4 Å². The Labute approximate surface area is 152 Å². The summed E-state index contributed by atoms with van der Waals surface area (Å²) in [7, 11) is -3.59. The summed E-state index contributed by atoms with van der Waals surface area (Å²) in [4.78, 5) is 4.28. The zero-order valence-corrected chi connectivity index (χ0v) is 16.6. The van der Waals surface area contributed by atoms with E-state index in [4.69, 9.17) is 0 Å². The van der Waals surface area contributed by atoms with Crippen LogP contribution >= 0.6 is 23.1 Å². The summed E-state index contributed by atoms with van der Waals surface area (Å²) < 4.78 is 29.3. The fourth-order valence-electron chi connectivity index (χ4n) is 2.96. The fraction of sp³-hybridized carbons (Fsp3) is 0.588. The van der Waals surface area contributed by atoms with Crippen LogP contribution in [0, 0.1) is 0 Å². The lowest BCUT2D eigenvalue weighted by Gasteiger charge is -2.28. The summed E-state index contributed by atoms with van der Waals surface area (Å²) in [6.07, 6.45) is 6.45. The third kappa shape index (κ3) is 4.50. The van der Waals surface area contributed by atoms with Crippen LogP contribution in [0.25, 0.3) is 10.2 Å². The Morgan fingerprint density at radius 2 is 1.96 bits per heavy atom. The maximum Gasteiger partial charge on any atom is 0.268 e. The van der Waals surface area contributed by atoms with Gasteiger partial charge in [0.25, 0.3) is 10.0 Å². The summed E-state index contributed by atoms with van der Waals surface area (Å²) in [6.45, 7) is 3.90. The lowest BCUT2D eigenvalue weighted by molar-refractivity contribution is 0.490. The van der Waals surface area contributed by atoms with Crippen molar-refractivity contribution in [3.63, 3.8) is 0 Å². The van der Waals surface area contributed by atoms with Crippen molar-refractivity contribution in [2.45, 2.75) is 61.1 Å². The quantitative estimate of drug-likeness (QED) is 0.801. The molecular weight excluding hydrogens is 360 g/mol. The number of para-hydroxylation sites is 1. The zero-order valence-electron chi connectivity index (χ0n) is 14.1. The van der Waals surface area contributed by atoms with Crippen LogP contribution in [0.4, 0.5) is 0 Å². The summed E-state index contributed by atoms with van der Waals surface area (Å²) in [6, 6.07) is 7.51. The number of sulfonamides is 1. The van der Waals surface area contributed by atoms with E-state index in [2.05, 4.69) is 9.71 Å². The Bertz CT molecular complexity index is 760. The minimum atomic E-state index is -3.59. The molecule has 1 aliphatic carbocycles. The molecular formula is C17H24N2O2S3. The average Bonchev–Trinajstić information content (AvgIpc) is 2.98. The van der Waals surface area contributed by atoms with Gasteiger partial charge in [0, 0.05) is 16.5 Å². The topological polar surface area (TPSA) is 59.1 Å². The molecule has 1 aromatic heterocycles. The van der Waals surface area contributed by atoms with Gasteiger partial charge in [-0.25, -0.2) is 18.1 Å². The normalized spacial score (nSPS) is 17.4. The molecule has 0 bridgehead atoms. The molecule has 3 rings (SSSR count). The smallest absolute Gasteiger partial charge is 0.224 e. The average molecular weight is 385 g/mol. The molecule has 0 spiro atoms. The van der Waals surface area contributed by atoms with Crippen molar-refractivity contribution in [2.24, 2.45) is 0 Å². The minimum absolute atomic E-state index is 0.152. The number of benzene rings is 1. The predicted molar refractivity (Wildman–Crippen MR) is 103 cm³/mol. The first-order chi connectivity index (χ1) is 11.4. The van der Waals surface area contributed by atoms with Crippen molar-refractivity contribution in [1.29, 1.82) is 0 Å². The van der Waals surface area contributed by atoms with Gasteiger partial charge < -0.3 is 0 Å². The molecule has 132 valence electrons. The van der Waals surface area contributed by atoms with Crippen LogP contribution in [-0.4, -0.2) is 29.9 Å². The number of hydrogen-bond acceptors (Lipinski definition) is 5. The van der Waals surface area contributed by atoms with Gasteiger partial charge in [0.2, 0.25) is 4.34 Å². The minimum Gasteiger partial charge on any atom is -0.224 e. The Morgan fingerprint density at radius 3 is 2.67 bits per heavy atom. The Morgan fingerprint density at radius 1 is 1.25 bits per heavy atom. The van der Waals surface area contributed by atoms with Crippen LogP contribution in [0.1, 0.15) is 46.0 Å². The van der Waals surface area contributed by atoms with E-state index < -0.39 is 15.6 Å². The molecule has 0 amide bonds. The highest BCUT2D eigenvalue weighted by atomic mass is 32.2. The molecule has 1 aliphatic rings. The molecule has 1 fully saturated rings. The highest BCUT2D eigenvalue weighted by Crippen LogP contribution is 2.31. The standard InChI is InChI=1S/C17H24N2O2S3/c1-17(2,12-22-13-8-4-3-5-9-13)19-24(20,21)16-18-14-10-6-7-11-15(14)23-16/h6-7,10-11,13,19H,3-5,8-9,12H2,1-2H3. The van der Waals surface area contributed by atoms with E-state index in [0.29, 0.717) is 5.25 Å². The van der Waals surface area contributed by atoms with Gasteiger partial charge in [0.1, 0.15) is 0 Å². The highest BCUT2D eigenvalue weighted by Gasteiger charge is 2.29. The van der Waals surface area contributed by atoms with E-state index in [0.717, 1.165) is 16.0 Å².